The Morgan fingerprint density at radius 2 is 2.06 bits per heavy atom. The summed E-state index contributed by atoms with van der Waals surface area (Å²) in [7, 11) is 0. The fraction of sp³-hybridized carbons (Fsp3) is 0.214. The predicted octanol–water partition coefficient (Wildman–Crippen LogP) is 4.33. The van der Waals surface area contributed by atoms with E-state index >= 15 is 0 Å². The molecule has 0 amide bonds. The molecule has 1 aromatic carbocycles. The van der Waals surface area contributed by atoms with Crippen LogP contribution in [0.2, 0.25) is 0 Å². The lowest BCUT2D eigenvalue weighted by Crippen LogP contribution is -2.06. The van der Waals surface area contributed by atoms with E-state index in [1.807, 2.05) is 12.3 Å². The van der Waals surface area contributed by atoms with Crippen LogP contribution in [0.5, 0.6) is 0 Å². The summed E-state index contributed by atoms with van der Waals surface area (Å²) in [5, 5.41) is 3.43. The van der Waals surface area contributed by atoms with Gasteiger partial charge in [-0.25, -0.2) is 0 Å². The molecular weight excluding hydrogens is 276 g/mol. The Hall–Kier alpha value is -1.35. The molecule has 1 atom stereocenters. The van der Waals surface area contributed by atoms with Gasteiger partial charge in [0.1, 0.15) is 0 Å². The second-order valence-electron chi connectivity index (χ2n) is 4.17. The first kappa shape index (κ1) is 12.1. The van der Waals surface area contributed by atoms with Gasteiger partial charge in [0, 0.05) is 16.7 Å². The lowest BCUT2D eigenvalue weighted by Gasteiger charge is -2.16. The minimum absolute atomic E-state index is 0.269. The molecule has 0 aliphatic heterocycles. The van der Waals surface area contributed by atoms with Crippen LogP contribution in [0.4, 0.5) is 5.69 Å². The normalized spacial score (nSPS) is 12.2. The highest BCUT2D eigenvalue weighted by molar-refractivity contribution is 9.10. The zero-order valence-electron chi connectivity index (χ0n) is 9.94. The van der Waals surface area contributed by atoms with Crippen molar-refractivity contribution in [1.82, 2.24) is 4.98 Å². The molecule has 0 radical (unpaired) electrons. The molecule has 1 aromatic heterocycles. The molecular formula is C14H15BrN2. The van der Waals surface area contributed by atoms with Crippen molar-refractivity contribution in [3.05, 3.63) is 58.3 Å². The molecule has 2 aromatic rings. The van der Waals surface area contributed by atoms with E-state index in [1.165, 1.54) is 11.1 Å². The first-order valence-electron chi connectivity index (χ1n) is 5.59. The van der Waals surface area contributed by atoms with Gasteiger partial charge in [0.2, 0.25) is 0 Å². The van der Waals surface area contributed by atoms with Gasteiger partial charge in [0.25, 0.3) is 0 Å². The number of hydrogen-bond donors (Lipinski definition) is 1. The summed E-state index contributed by atoms with van der Waals surface area (Å²) in [6.07, 6.45) is 3.61. The van der Waals surface area contributed by atoms with Crippen molar-refractivity contribution in [3.63, 3.8) is 0 Å². The van der Waals surface area contributed by atoms with E-state index < -0.39 is 0 Å². The Morgan fingerprint density at radius 1 is 1.24 bits per heavy atom. The SMILES string of the molecule is Cc1cccc(C(C)Nc2cncc(Br)c2)c1. The van der Waals surface area contributed by atoms with Crippen molar-refractivity contribution in [2.24, 2.45) is 0 Å². The number of halogens is 1. The van der Waals surface area contributed by atoms with Crippen molar-refractivity contribution in [3.8, 4) is 0 Å². The van der Waals surface area contributed by atoms with Gasteiger partial charge in [-0.2, -0.15) is 0 Å². The molecule has 0 saturated heterocycles. The molecule has 88 valence electrons. The van der Waals surface area contributed by atoms with Gasteiger partial charge < -0.3 is 5.32 Å². The summed E-state index contributed by atoms with van der Waals surface area (Å²) < 4.78 is 0.985. The van der Waals surface area contributed by atoms with Gasteiger partial charge in [-0.05, 0) is 41.4 Å². The molecule has 2 nitrogen and oxygen atoms in total. The molecule has 0 fully saturated rings. The highest BCUT2D eigenvalue weighted by Gasteiger charge is 2.05. The summed E-state index contributed by atoms with van der Waals surface area (Å²) in [5.74, 6) is 0. The third-order valence-electron chi connectivity index (χ3n) is 2.63. The van der Waals surface area contributed by atoms with Crippen LogP contribution in [0.3, 0.4) is 0 Å². The molecule has 0 saturated carbocycles. The highest BCUT2D eigenvalue weighted by atomic mass is 79.9. The summed E-state index contributed by atoms with van der Waals surface area (Å²) in [6, 6.07) is 10.8. The van der Waals surface area contributed by atoms with Gasteiger partial charge in [-0.15, -0.1) is 0 Å². The van der Waals surface area contributed by atoms with Gasteiger partial charge >= 0.3 is 0 Å². The van der Waals surface area contributed by atoms with Crippen LogP contribution in [-0.4, -0.2) is 4.98 Å². The van der Waals surface area contributed by atoms with Gasteiger partial charge in [0.15, 0.2) is 0 Å². The van der Waals surface area contributed by atoms with Crippen LogP contribution in [0.1, 0.15) is 24.1 Å². The van der Waals surface area contributed by atoms with E-state index in [-0.39, 0.29) is 6.04 Å². The molecule has 1 heterocycles. The average Bonchev–Trinajstić information content (AvgIpc) is 2.29. The maximum atomic E-state index is 4.14. The third kappa shape index (κ3) is 3.30. The monoisotopic (exact) mass is 290 g/mol. The lowest BCUT2D eigenvalue weighted by atomic mass is 10.1. The molecule has 1 unspecified atom stereocenters. The van der Waals surface area contributed by atoms with E-state index in [0.29, 0.717) is 0 Å². The van der Waals surface area contributed by atoms with Crippen molar-refractivity contribution >= 4 is 21.6 Å². The minimum atomic E-state index is 0.269. The molecule has 3 heteroatoms. The summed E-state index contributed by atoms with van der Waals surface area (Å²) in [5.41, 5.74) is 3.59. The second-order valence-corrected chi connectivity index (χ2v) is 5.09. The van der Waals surface area contributed by atoms with Crippen LogP contribution >= 0.6 is 15.9 Å². The summed E-state index contributed by atoms with van der Waals surface area (Å²) >= 11 is 3.42. The van der Waals surface area contributed by atoms with Crippen molar-refractivity contribution in [1.29, 1.82) is 0 Å². The fourth-order valence-corrected chi connectivity index (χ4v) is 2.13. The van der Waals surface area contributed by atoms with Crippen LogP contribution in [0, 0.1) is 6.92 Å². The van der Waals surface area contributed by atoms with Gasteiger partial charge in [-0.3, -0.25) is 4.98 Å². The Bertz CT molecular complexity index is 511. The Balaban J connectivity index is 2.14. The van der Waals surface area contributed by atoms with Crippen LogP contribution < -0.4 is 5.32 Å². The number of aryl methyl sites for hydroxylation is 1. The first-order valence-corrected chi connectivity index (χ1v) is 6.38. The third-order valence-corrected chi connectivity index (χ3v) is 3.06. The van der Waals surface area contributed by atoms with Crippen molar-refractivity contribution in [2.75, 3.05) is 5.32 Å². The number of anilines is 1. The van der Waals surface area contributed by atoms with Crippen molar-refractivity contribution in [2.45, 2.75) is 19.9 Å². The number of benzene rings is 1. The topological polar surface area (TPSA) is 24.9 Å². The van der Waals surface area contributed by atoms with E-state index in [2.05, 4.69) is 64.3 Å². The number of pyridine rings is 1. The number of aromatic nitrogens is 1. The summed E-state index contributed by atoms with van der Waals surface area (Å²) in [4.78, 5) is 4.14. The van der Waals surface area contributed by atoms with Gasteiger partial charge in [-0.1, -0.05) is 29.8 Å². The first-order chi connectivity index (χ1) is 8.15. The van der Waals surface area contributed by atoms with E-state index in [0.717, 1.165) is 10.2 Å². The Morgan fingerprint density at radius 3 is 2.76 bits per heavy atom. The van der Waals surface area contributed by atoms with Crippen LogP contribution in [0.25, 0.3) is 0 Å². The number of nitrogens with zero attached hydrogens (tertiary/aromatic N) is 1. The molecule has 0 aliphatic carbocycles. The number of hydrogen-bond acceptors (Lipinski definition) is 2. The van der Waals surface area contributed by atoms with E-state index in [1.54, 1.807) is 6.20 Å². The smallest absolute Gasteiger partial charge is 0.0542 e. The largest absolute Gasteiger partial charge is 0.377 e. The molecule has 0 bridgehead atoms. The molecule has 1 N–H and O–H groups in total. The quantitative estimate of drug-likeness (QED) is 0.910. The Kier molecular flexibility index (Phi) is 3.79. The van der Waals surface area contributed by atoms with Crippen LogP contribution in [-0.2, 0) is 0 Å². The summed E-state index contributed by atoms with van der Waals surface area (Å²) in [6.45, 7) is 4.26. The zero-order valence-corrected chi connectivity index (χ0v) is 11.5. The van der Waals surface area contributed by atoms with E-state index in [4.69, 9.17) is 0 Å². The molecule has 0 aliphatic rings. The highest BCUT2D eigenvalue weighted by Crippen LogP contribution is 2.21. The zero-order chi connectivity index (χ0) is 12.3. The number of rotatable bonds is 3. The molecule has 0 spiro atoms. The van der Waals surface area contributed by atoms with Crippen molar-refractivity contribution < 1.29 is 0 Å². The standard InChI is InChI=1S/C14H15BrN2/c1-10-4-3-5-12(6-10)11(2)17-14-7-13(15)8-16-9-14/h3-9,11,17H,1-2H3. The van der Waals surface area contributed by atoms with E-state index in [9.17, 15) is 0 Å². The molecule has 17 heavy (non-hydrogen) atoms. The van der Waals surface area contributed by atoms with Crippen LogP contribution in [0.15, 0.2) is 47.2 Å². The minimum Gasteiger partial charge on any atom is -0.377 e. The maximum Gasteiger partial charge on any atom is 0.0542 e. The number of nitrogens with one attached hydrogen (secondary N) is 1. The fourth-order valence-electron chi connectivity index (χ4n) is 1.76. The predicted molar refractivity (Wildman–Crippen MR) is 75.2 cm³/mol. The van der Waals surface area contributed by atoms with Gasteiger partial charge in [0.05, 0.1) is 11.9 Å². The Labute approximate surface area is 110 Å². The lowest BCUT2D eigenvalue weighted by molar-refractivity contribution is 0.881. The average molecular weight is 291 g/mol. The second kappa shape index (κ2) is 5.32. The molecule has 2 rings (SSSR count). The maximum absolute atomic E-state index is 4.14.